The van der Waals surface area contributed by atoms with Crippen molar-refractivity contribution in [2.75, 3.05) is 6.61 Å². The Balaban J connectivity index is 3.07. The van der Waals surface area contributed by atoms with Crippen LogP contribution >= 0.6 is 15.9 Å². The van der Waals surface area contributed by atoms with Crippen molar-refractivity contribution in [1.82, 2.24) is 9.55 Å². The molecule has 0 aliphatic rings. The van der Waals surface area contributed by atoms with Gasteiger partial charge in [0, 0.05) is 19.3 Å². The Labute approximate surface area is 90.7 Å². The number of aryl methyl sites for hydroxylation is 1. The van der Waals surface area contributed by atoms with Gasteiger partial charge in [-0.2, -0.15) is 0 Å². The molecule has 0 aliphatic carbocycles. The van der Waals surface area contributed by atoms with E-state index in [0.717, 1.165) is 0 Å². The van der Waals surface area contributed by atoms with Crippen molar-refractivity contribution in [3.63, 3.8) is 0 Å². The van der Waals surface area contributed by atoms with Gasteiger partial charge in [-0.15, -0.1) is 0 Å². The molecule has 1 unspecified atom stereocenters. The number of halogens is 1. The lowest BCUT2D eigenvalue weighted by Crippen LogP contribution is -2.27. The van der Waals surface area contributed by atoms with E-state index in [1.165, 1.54) is 6.20 Å². The second-order valence-electron chi connectivity index (χ2n) is 3.36. The highest BCUT2D eigenvalue weighted by atomic mass is 79.9. The Morgan fingerprint density at radius 3 is 2.93 bits per heavy atom. The first kappa shape index (κ1) is 11.4. The molecule has 14 heavy (non-hydrogen) atoms. The van der Waals surface area contributed by atoms with Crippen LogP contribution in [0.15, 0.2) is 15.5 Å². The summed E-state index contributed by atoms with van der Waals surface area (Å²) in [4.78, 5) is 15.7. The maximum atomic E-state index is 11.6. The van der Waals surface area contributed by atoms with Crippen LogP contribution in [0, 0.1) is 12.8 Å². The highest BCUT2D eigenvalue weighted by Crippen LogP contribution is 2.04. The monoisotopic (exact) mass is 260 g/mol. The second-order valence-corrected chi connectivity index (χ2v) is 4.21. The van der Waals surface area contributed by atoms with Gasteiger partial charge in [0.2, 0.25) is 0 Å². The van der Waals surface area contributed by atoms with Crippen molar-refractivity contribution in [1.29, 1.82) is 0 Å². The molecular formula is C9H13BrN2O2. The number of nitrogens with zero attached hydrogens (tertiary/aromatic N) is 2. The molecule has 0 aliphatic heterocycles. The summed E-state index contributed by atoms with van der Waals surface area (Å²) in [5.74, 6) is 0.723. The zero-order valence-electron chi connectivity index (χ0n) is 8.20. The van der Waals surface area contributed by atoms with Crippen LogP contribution in [0.1, 0.15) is 12.7 Å². The van der Waals surface area contributed by atoms with Crippen LogP contribution in [-0.4, -0.2) is 21.3 Å². The SMILES string of the molecule is Cc1ncc(Br)c(=O)n1CC(C)CO. The molecule has 0 amide bonds. The van der Waals surface area contributed by atoms with Gasteiger partial charge in [-0.1, -0.05) is 6.92 Å². The molecule has 5 heteroatoms. The van der Waals surface area contributed by atoms with E-state index in [2.05, 4.69) is 20.9 Å². The average Bonchev–Trinajstić information content (AvgIpc) is 2.18. The summed E-state index contributed by atoms with van der Waals surface area (Å²) in [6, 6.07) is 0. The minimum absolute atomic E-state index is 0.0579. The third kappa shape index (κ3) is 2.42. The number of rotatable bonds is 3. The summed E-state index contributed by atoms with van der Waals surface area (Å²) in [6.07, 6.45) is 1.50. The smallest absolute Gasteiger partial charge is 0.267 e. The van der Waals surface area contributed by atoms with Crippen LogP contribution in [0.5, 0.6) is 0 Å². The molecule has 0 saturated carbocycles. The predicted molar refractivity (Wildman–Crippen MR) is 57.2 cm³/mol. The molecule has 1 aromatic heterocycles. The van der Waals surface area contributed by atoms with Crippen LogP contribution in [0.4, 0.5) is 0 Å². The summed E-state index contributed by atoms with van der Waals surface area (Å²) >= 11 is 3.13. The molecule has 0 saturated heterocycles. The van der Waals surface area contributed by atoms with Gasteiger partial charge in [-0.3, -0.25) is 9.36 Å². The van der Waals surface area contributed by atoms with Gasteiger partial charge in [0.1, 0.15) is 10.3 Å². The number of aliphatic hydroxyl groups excluding tert-OH is 1. The van der Waals surface area contributed by atoms with Crippen molar-refractivity contribution in [3.05, 3.63) is 26.8 Å². The van der Waals surface area contributed by atoms with Crippen LogP contribution in [0.3, 0.4) is 0 Å². The summed E-state index contributed by atoms with van der Waals surface area (Å²) < 4.78 is 2.01. The van der Waals surface area contributed by atoms with Gasteiger partial charge >= 0.3 is 0 Å². The Morgan fingerprint density at radius 1 is 1.71 bits per heavy atom. The molecule has 4 nitrogen and oxygen atoms in total. The molecule has 0 fully saturated rings. The highest BCUT2D eigenvalue weighted by Gasteiger charge is 2.08. The van der Waals surface area contributed by atoms with Crippen molar-refractivity contribution in [3.8, 4) is 0 Å². The Bertz CT molecular complexity index is 376. The molecule has 1 rings (SSSR count). The van der Waals surface area contributed by atoms with Gasteiger partial charge in [0.15, 0.2) is 0 Å². The molecule has 1 aromatic rings. The van der Waals surface area contributed by atoms with Crippen LogP contribution in [0.2, 0.25) is 0 Å². The van der Waals surface area contributed by atoms with E-state index < -0.39 is 0 Å². The van der Waals surface area contributed by atoms with Crippen LogP contribution in [0.25, 0.3) is 0 Å². The third-order valence-corrected chi connectivity index (χ3v) is 2.55. The van der Waals surface area contributed by atoms with Crippen LogP contribution in [-0.2, 0) is 6.54 Å². The lowest BCUT2D eigenvalue weighted by Gasteiger charge is -2.12. The topological polar surface area (TPSA) is 55.1 Å². The third-order valence-electron chi connectivity index (χ3n) is 2.01. The summed E-state index contributed by atoms with van der Waals surface area (Å²) in [5.41, 5.74) is -0.0993. The lowest BCUT2D eigenvalue weighted by atomic mass is 10.2. The number of aromatic nitrogens is 2. The van der Waals surface area contributed by atoms with E-state index in [0.29, 0.717) is 16.8 Å². The van der Waals surface area contributed by atoms with Crippen molar-refractivity contribution < 1.29 is 5.11 Å². The number of aliphatic hydroxyl groups is 1. The largest absolute Gasteiger partial charge is 0.396 e. The Hall–Kier alpha value is -0.680. The van der Waals surface area contributed by atoms with Crippen molar-refractivity contribution in [2.45, 2.75) is 20.4 Å². The van der Waals surface area contributed by atoms with E-state index in [-0.39, 0.29) is 18.1 Å². The number of hydrogen-bond acceptors (Lipinski definition) is 3. The Morgan fingerprint density at radius 2 is 2.36 bits per heavy atom. The first-order valence-electron chi connectivity index (χ1n) is 4.39. The highest BCUT2D eigenvalue weighted by molar-refractivity contribution is 9.10. The predicted octanol–water partition coefficient (Wildman–Crippen LogP) is 0.943. The van der Waals surface area contributed by atoms with E-state index in [9.17, 15) is 4.79 Å². The normalized spacial score (nSPS) is 12.9. The molecule has 1 N–H and O–H groups in total. The van der Waals surface area contributed by atoms with Gasteiger partial charge in [0.25, 0.3) is 5.56 Å². The minimum Gasteiger partial charge on any atom is -0.396 e. The fraction of sp³-hybridized carbons (Fsp3) is 0.556. The zero-order chi connectivity index (χ0) is 10.7. The summed E-state index contributed by atoms with van der Waals surface area (Å²) in [5, 5.41) is 8.90. The van der Waals surface area contributed by atoms with Gasteiger partial charge in [-0.05, 0) is 28.8 Å². The zero-order valence-corrected chi connectivity index (χ0v) is 9.78. The van der Waals surface area contributed by atoms with E-state index >= 15 is 0 Å². The molecule has 1 heterocycles. The molecule has 0 bridgehead atoms. The minimum atomic E-state index is -0.0993. The van der Waals surface area contributed by atoms with Gasteiger partial charge in [-0.25, -0.2) is 4.98 Å². The number of hydrogen-bond donors (Lipinski definition) is 1. The fourth-order valence-electron chi connectivity index (χ4n) is 1.14. The maximum Gasteiger partial charge on any atom is 0.267 e. The van der Waals surface area contributed by atoms with Gasteiger partial charge < -0.3 is 5.11 Å². The molecule has 0 radical (unpaired) electrons. The molecule has 78 valence electrons. The first-order chi connectivity index (χ1) is 6.56. The summed E-state index contributed by atoms with van der Waals surface area (Å²) in [7, 11) is 0. The van der Waals surface area contributed by atoms with Crippen molar-refractivity contribution in [2.24, 2.45) is 5.92 Å². The molecular weight excluding hydrogens is 248 g/mol. The molecule has 0 spiro atoms. The van der Waals surface area contributed by atoms with Gasteiger partial charge in [0.05, 0.1) is 0 Å². The van der Waals surface area contributed by atoms with E-state index in [4.69, 9.17) is 5.11 Å². The molecule has 0 aromatic carbocycles. The summed E-state index contributed by atoms with van der Waals surface area (Å²) in [6.45, 7) is 4.22. The maximum absolute atomic E-state index is 11.6. The fourth-order valence-corrected chi connectivity index (χ4v) is 1.45. The molecule has 1 atom stereocenters. The quantitative estimate of drug-likeness (QED) is 0.881. The lowest BCUT2D eigenvalue weighted by molar-refractivity contribution is 0.220. The standard InChI is InChI=1S/C9H13BrN2O2/c1-6(5-13)4-12-7(2)11-3-8(10)9(12)14/h3,6,13H,4-5H2,1-2H3. The van der Waals surface area contributed by atoms with Crippen LogP contribution < -0.4 is 5.56 Å². The van der Waals surface area contributed by atoms with E-state index in [1.54, 1.807) is 11.5 Å². The average molecular weight is 261 g/mol. The second kappa shape index (κ2) is 4.70. The first-order valence-corrected chi connectivity index (χ1v) is 5.18. The Kier molecular flexibility index (Phi) is 3.83. The van der Waals surface area contributed by atoms with E-state index in [1.807, 2.05) is 6.92 Å². The van der Waals surface area contributed by atoms with Crippen molar-refractivity contribution >= 4 is 15.9 Å².